The van der Waals surface area contributed by atoms with Gasteiger partial charge in [-0.2, -0.15) is 0 Å². The number of benzene rings is 1. The minimum Gasteiger partial charge on any atom is -0.390 e. The summed E-state index contributed by atoms with van der Waals surface area (Å²) in [6, 6.07) is 8.47. The Balaban J connectivity index is 1.37. The van der Waals surface area contributed by atoms with Crippen molar-refractivity contribution >= 4 is 16.1 Å². The van der Waals surface area contributed by atoms with Crippen molar-refractivity contribution in [2.24, 2.45) is 16.7 Å². The SMILES string of the molecule is CC1(O)CC2CC[C@]1(CS(=O)(=O)N1CCC3(C=Cc4ccccc43)CC1)C2(C)C. The van der Waals surface area contributed by atoms with Crippen LogP contribution >= 0.6 is 0 Å². The number of aliphatic hydroxyl groups is 1. The lowest BCUT2D eigenvalue weighted by Crippen LogP contribution is -2.55. The highest BCUT2D eigenvalue weighted by Gasteiger charge is 2.70. The van der Waals surface area contributed by atoms with E-state index in [2.05, 4.69) is 50.3 Å². The first-order valence-corrected chi connectivity index (χ1v) is 12.6. The molecule has 0 aromatic heterocycles. The summed E-state index contributed by atoms with van der Waals surface area (Å²) in [5, 5.41) is 11.2. The Bertz CT molecular complexity index is 970. The number of hydrogen-bond acceptors (Lipinski definition) is 3. The van der Waals surface area contributed by atoms with Crippen LogP contribution in [0.4, 0.5) is 0 Å². The average molecular weight is 416 g/mol. The van der Waals surface area contributed by atoms with Crippen LogP contribution in [0.25, 0.3) is 6.08 Å². The maximum absolute atomic E-state index is 13.5. The number of sulfonamides is 1. The van der Waals surface area contributed by atoms with Crippen molar-refractivity contribution in [2.45, 2.75) is 63.9 Å². The summed E-state index contributed by atoms with van der Waals surface area (Å²) in [4.78, 5) is 0. The summed E-state index contributed by atoms with van der Waals surface area (Å²) >= 11 is 0. The summed E-state index contributed by atoms with van der Waals surface area (Å²) in [7, 11) is -3.43. The van der Waals surface area contributed by atoms with Crippen LogP contribution in [-0.2, 0) is 15.4 Å². The van der Waals surface area contributed by atoms with Crippen LogP contribution < -0.4 is 0 Å². The van der Waals surface area contributed by atoms with Crippen LogP contribution in [0.1, 0.15) is 64.0 Å². The molecule has 1 aliphatic heterocycles. The fourth-order valence-electron chi connectivity index (χ4n) is 7.34. The monoisotopic (exact) mass is 415 g/mol. The molecule has 1 heterocycles. The first kappa shape index (κ1) is 19.8. The zero-order valence-corrected chi connectivity index (χ0v) is 18.6. The predicted molar refractivity (Wildman–Crippen MR) is 116 cm³/mol. The molecule has 2 saturated carbocycles. The number of piperidine rings is 1. The zero-order valence-electron chi connectivity index (χ0n) is 17.8. The van der Waals surface area contributed by atoms with E-state index in [1.807, 2.05) is 6.92 Å². The van der Waals surface area contributed by atoms with E-state index in [4.69, 9.17) is 0 Å². The van der Waals surface area contributed by atoms with Gasteiger partial charge < -0.3 is 5.11 Å². The Hall–Kier alpha value is -1.17. The third kappa shape index (κ3) is 2.53. The third-order valence-electron chi connectivity index (χ3n) is 9.36. The van der Waals surface area contributed by atoms with Crippen molar-refractivity contribution in [1.29, 1.82) is 0 Å². The van der Waals surface area contributed by atoms with E-state index < -0.39 is 21.0 Å². The summed E-state index contributed by atoms with van der Waals surface area (Å²) in [5.41, 5.74) is 0.998. The first-order chi connectivity index (χ1) is 13.5. The highest BCUT2D eigenvalue weighted by atomic mass is 32.2. The minimum absolute atomic E-state index is 0.0164. The number of rotatable bonds is 3. The molecule has 5 heteroatoms. The third-order valence-corrected chi connectivity index (χ3v) is 11.4. The first-order valence-electron chi connectivity index (χ1n) is 11.0. The highest BCUT2D eigenvalue weighted by molar-refractivity contribution is 7.89. The van der Waals surface area contributed by atoms with Crippen molar-refractivity contribution < 1.29 is 13.5 Å². The molecule has 2 bridgehead atoms. The van der Waals surface area contributed by atoms with Gasteiger partial charge in [0.1, 0.15) is 0 Å². The molecule has 1 aromatic rings. The fourth-order valence-corrected chi connectivity index (χ4v) is 9.71. The number of nitrogens with zero attached hydrogens (tertiary/aromatic N) is 1. The van der Waals surface area contributed by atoms with Crippen molar-refractivity contribution in [1.82, 2.24) is 4.31 Å². The summed E-state index contributed by atoms with van der Waals surface area (Å²) in [6.45, 7) is 7.33. The largest absolute Gasteiger partial charge is 0.390 e. The lowest BCUT2D eigenvalue weighted by Gasteiger charge is -2.47. The molecule has 1 spiro atoms. The van der Waals surface area contributed by atoms with Crippen LogP contribution in [0.2, 0.25) is 0 Å². The topological polar surface area (TPSA) is 57.6 Å². The number of allylic oxidation sites excluding steroid dienone is 1. The Morgan fingerprint density at radius 1 is 1.10 bits per heavy atom. The second kappa shape index (κ2) is 5.95. The van der Waals surface area contributed by atoms with Gasteiger partial charge in [0.15, 0.2) is 0 Å². The van der Waals surface area contributed by atoms with E-state index in [1.54, 1.807) is 4.31 Å². The van der Waals surface area contributed by atoms with Gasteiger partial charge in [-0.1, -0.05) is 50.3 Å². The molecule has 3 aliphatic carbocycles. The van der Waals surface area contributed by atoms with Gasteiger partial charge in [0.25, 0.3) is 0 Å². The van der Waals surface area contributed by atoms with Crippen molar-refractivity contribution in [3.63, 3.8) is 0 Å². The quantitative estimate of drug-likeness (QED) is 0.813. The second-order valence-electron chi connectivity index (χ2n) is 10.7. The summed E-state index contributed by atoms with van der Waals surface area (Å²) < 4.78 is 28.8. The maximum Gasteiger partial charge on any atom is 0.214 e. The van der Waals surface area contributed by atoms with Gasteiger partial charge in [0.05, 0.1) is 11.4 Å². The molecular formula is C24H33NO3S. The Kier molecular flexibility index (Phi) is 4.06. The molecule has 4 aliphatic rings. The molecule has 1 aromatic carbocycles. The van der Waals surface area contributed by atoms with E-state index in [9.17, 15) is 13.5 Å². The van der Waals surface area contributed by atoms with Gasteiger partial charge in [-0.25, -0.2) is 12.7 Å². The van der Waals surface area contributed by atoms with Crippen LogP contribution in [0.15, 0.2) is 30.3 Å². The van der Waals surface area contributed by atoms with E-state index in [0.29, 0.717) is 19.0 Å². The standard InChI is InChI=1S/C24H33NO3S/c1-21(2)19-9-11-24(21,22(3,26)16-19)17-29(27,28)25-14-12-23(13-15-25)10-8-18-6-4-5-7-20(18)23/h4-8,10,19,26H,9,11-17H2,1-3H3/t19?,22?,24-/m0/s1. The zero-order chi connectivity index (χ0) is 20.7. The van der Waals surface area contributed by atoms with Crippen LogP contribution in [-0.4, -0.2) is 42.3 Å². The molecule has 3 fully saturated rings. The van der Waals surface area contributed by atoms with Crippen molar-refractivity contribution in [3.8, 4) is 0 Å². The predicted octanol–water partition coefficient (Wildman–Crippen LogP) is 3.95. The molecule has 1 N–H and O–H groups in total. The lowest BCUT2D eigenvalue weighted by atomic mass is 9.65. The van der Waals surface area contributed by atoms with Gasteiger partial charge in [-0.15, -0.1) is 0 Å². The lowest BCUT2D eigenvalue weighted by molar-refractivity contribution is -0.0727. The molecule has 3 atom stereocenters. The van der Waals surface area contributed by atoms with Gasteiger partial charge in [-0.05, 0) is 61.5 Å². The molecule has 29 heavy (non-hydrogen) atoms. The molecule has 0 amide bonds. The normalized spacial score (nSPS) is 37.3. The van der Waals surface area contributed by atoms with Gasteiger partial charge in [0.2, 0.25) is 10.0 Å². The average Bonchev–Trinajstić information content (AvgIpc) is 3.17. The Morgan fingerprint density at radius 2 is 1.79 bits per heavy atom. The molecule has 5 rings (SSSR count). The van der Waals surface area contributed by atoms with E-state index in [1.165, 1.54) is 11.1 Å². The number of fused-ring (bicyclic) bond motifs is 4. The molecule has 2 unspecified atom stereocenters. The van der Waals surface area contributed by atoms with Crippen LogP contribution in [0, 0.1) is 16.7 Å². The Morgan fingerprint density at radius 3 is 2.41 bits per heavy atom. The van der Waals surface area contributed by atoms with Gasteiger partial charge >= 0.3 is 0 Å². The minimum atomic E-state index is -3.43. The van der Waals surface area contributed by atoms with Gasteiger partial charge in [-0.3, -0.25) is 0 Å². The summed E-state index contributed by atoms with van der Waals surface area (Å²) in [5.74, 6) is 0.494. The molecular weight excluding hydrogens is 382 g/mol. The van der Waals surface area contributed by atoms with E-state index in [-0.39, 0.29) is 16.6 Å². The summed E-state index contributed by atoms with van der Waals surface area (Å²) in [6.07, 6.45) is 8.70. The molecule has 158 valence electrons. The van der Waals surface area contributed by atoms with Gasteiger partial charge in [0, 0.05) is 23.9 Å². The fraction of sp³-hybridized carbons (Fsp3) is 0.667. The van der Waals surface area contributed by atoms with Crippen molar-refractivity contribution in [3.05, 3.63) is 41.5 Å². The molecule has 0 radical (unpaired) electrons. The molecule has 4 nitrogen and oxygen atoms in total. The number of hydrogen-bond donors (Lipinski definition) is 1. The van der Waals surface area contributed by atoms with E-state index in [0.717, 1.165) is 32.1 Å². The molecule has 1 saturated heterocycles. The van der Waals surface area contributed by atoms with E-state index >= 15 is 0 Å². The highest BCUT2D eigenvalue weighted by Crippen LogP contribution is 2.70. The van der Waals surface area contributed by atoms with Crippen LogP contribution in [0.5, 0.6) is 0 Å². The second-order valence-corrected chi connectivity index (χ2v) is 12.7. The smallest absolute Gasteiger partial charge is 0.214 e. The Labute approximate surface area is 175 Å². The van der Waals surface area contributed by atoms with Crippen molar-refractivity contribution in [2.75, 3.05) is 18.8 Å². The maximum atomic E-state index is 13.5. The van der Waals surface area contributed by atoms with Crippen LogP contribution in [0.3, 0.4) is 0 Å².